The van der Waals surface area contributed by atoms with Crippen LogP contribution in [0.25, 0.3) is 0 Å². The number of anilines is 1. The summed E-state index contributed by atoms with van der Waals surface area (Å²) in [7, 11) is 0. The summed E-state index contributed by atoms with van der Waals surface area (Å²) in [6.07, 6.45) is 7.03. The fraction of sp³-hybridized carbons (Fsp3) is 0.471. The van der Waals surface area contributed by atoms with Crippen LogP contribution in [0.2, 0.25) is 0 Å². The zero-order valence-corrected chi connectivity index (χ0v) is 13.1. The van der Waals surface area contributed by atoms with E-state index >= 15 is 0 Å². The fourth-order valence-corrected chi connectivity index (χ4v) is 4.14. The zero-order valence-electron chi connectivity index (χ0n) is 13.1. The summed E-state index contributed by atoms with van der Waals surface area (Å²) in [6.45, 7) is 2.37. The van der Waals surface area contributed by atoms with Gasteiger partial charge in [0.25, 0.3) is 5.91 Å². The lowest BCUT2D eigenvalue weighted by Gasteiger charge is -2.26. The topological polar surface area (TPSA) is 51.0 Å². The molecule has 0 bridgehead atoms. The van der Waals surface area contributed by atoms with Crippen LogP contribution in [-0.4, -0.2) is 27.2 Å². The van der Waals surface area contributed by atoms with Gasteiger partial charge in [-0.3, -0.25) is 4.79 Å². The predicted octanol–water partition coefficient (Wildman–Crippen LogP) is 2.84. The highest BCUT2D eigenvalue weighted by Crippen LogP contribution is 2.51. The summed E-state index contributed by atoms with van der Waals surface area (Å²) < 4.78 is 16.1. The van der Waals surface area contributed by atoms with Gasteiger partial charge in [0.1, 0.15) is 24.5 Å². The van der Waals surface area contributed by atoms with E-state index < -0.39 is 6.04 Å². The first kappa shape index (κ1) is 14.4. The molecule has 1 aromatic heterocycles. The highest BCUT2D eigenvalue weighted by molar-refractivity contribution is 5.98. The Morgan fingerprint density at radius 3 is 2.83 bits per heavy atom. The maximum Gasteiger partial charge on any atom is 0.251 e. The van der Waals surface area contributed by atoms with Crippen molar-refractivity contribution >= 4 is 11.6 Å². The molecule has 1 atom stereocenters. The highest BCUT2D eigenvalue weighted by atomic mass is 19.1. The third kappa shape index (κ3) is 2.08. The molecule has 23 heavy (non-hydrogen) atoms. The van der Waals surface area contributed by atoms with Crippen LogP contribution in [0.4, 0.5) is 10.1 Å². The lowest BCUT2D eigenvalue weighted by molar-refractivity contribution is -0.121. The van der Waals surface area contributed by atoms with Gasteiger partial charge in [0.15, 0.2) is 0 Å². The van der Waals surface area contributed by atoms with Crippen LogP contribution in [0, 0.1) is 5.82 Å². The molecule has 4 rings (SSSR count). The molecule has 120 valence electrons. The van der Waals surface area contributed by atoms with E-state index in [2.05, 4.69) is 10.1 Å². The van der Waals surface area contributed by atoms with E-state index in [4.69, 9.17) is 0 Å². The van der Waals surface area contributed by atoms with Crippen LogP contribution in [-0.2, 0) is 10.2 Å². The van der Waals surface area contributed by atoms with Crippen LogP contribution in [0.3, 0.4) is 0 Å². The Bertz CT molecular complexity index is 737. The van der Waals surface area contributed by atoms with Gasteiger partial charge in [-0.25, -0.2) is 14.1 Å². The lowest BCUT2D eigenvalue weighted by Crippen LogP contribution is -2.39. The molecule has 1 amide bonds. The number of rotatable bonds is 2. The van der Waals surface area contributed by atoms with E-state index in [0.717, 1.165) is 36.9 Å². The molecule has 1 spiro atoms. The van der Waals surface area contributed by atoms with Gasteiger partial charge in [0.05, 0.1) is 5.69 Å². The smallest absolute Gasteiger partial charge is 0.251 e. The average molecular weight is 314 g/mol. The van der Waals surface area contributed by atoms with Crippen molar-refractivity contribution in [3.63, 3.8) is 0 Å². The summed E-state index contributed by atoms with van der Waals surface area (Å²) in [5.41, 5.74) is 1.25. The molecule has 0 radical (unpaired) electrons. The molecule has 6 heteroatoms. The molecule has 5 nitrogen and oxygen atoms in total. The Morgan fingerprint density at radius 1 is 1.35 bits per heavy atom. The van der Waals surface area contributed by atoms with E-state index in [1.54, 1.807) is 22.6 Å². The van der Waals surface area contributed by atoms with Crippen LogP contribution < -0.4 is 4.90 Å². The maximum absolute atomic E-state index is 14.5. The Hall–Kier alpha value is -2.24. The van der Waals surface area contributed by atoms with Gasteiger partial charge in [-0.15, -0.1) is 0 Å². The summed E-state index contributed by atoms with van der Waals surface area (Å²) in [6, 6.07) is 4.60. The van der Waals surface area contributed by atoms with Gasteiger partial charge < -0.3 is 4.90 Å². The van der Waals surface area contributed by atoms with Crippen LogP contribution in [0.5, 0.6) is 0 Å². The zero-order chi connectivity index (χ0) is 16.0. The number of aromatic nitrogens is 3. The molecular weight excluding hydrogens is 295 g/mol. The van der Waals surface area contributed by atoms with Gasteiger partial charge in [-0.2, -0.15) is 5.10 Å². The molecule has 2 aromatic rings. The molecule has 2 heterocycles. The quantitative estimate of drug-likeness (QED) is 0.856. The van der Waals surface area contributed by atoms with E-state index in [1.165, 1.54) is 18.7 Å². The predicted molar refractivity (Wildman–Crippen MR) is 83.6 cm³/mol. The van der Waals surface area contributed by atoms with Crippen molar-refractivity contribution in [3.05, 3.63) is 42.2 Å². The van der Waals surface area contributed by atoms with Crippen LogP contribution in [0.15, 0.2) is 30.9 Å². The van der Waals surface area contributed by atoms with Crippen molar-refractivity contribution in [2.24, 2.45) is 0 Å². The second-order valence-electron chi connectivity index (χ2n) is 6.60. The Morgan fingerprint density at radius 2 is 2.13 bits per heavy atom. The third-order valence-electron chi connectivity index (χ3n) is 5.29. The van der Waals surface area contributed by atoms with E-state index in [1.807, 2.05) is 6.07 Å². The number of amides is 1. The van der Waals surface area contributed by atoms with Gasteiger partial charge in [0.2, 0.25) is 0 Å². The number of nitrogens with zero attached hydrogens (tertiary/aromatic N) is 4. The minimum Gasteiger partial charge on any atom is -0.309 e. The number of fused-ring (bicyclic) bond motifs is 2. The minimum absolute atomic E-state index is 0.0638. The Kier molecular flexibility index (Phi) is 3.21. The third-order valence-corrected chi connectivity index (χ3v) is 5.29. The second-order valence-corrected chi connectivity index (χ2v) is 6.60. The molecule has 1 aliphatic carbocycles. The summed E-state index contributed by atoms with van der Waals surface area (Å²) in [5.74, 6) is -0.251. The van der Waals surface area contributed by atoms with Crippen molar-refractivity contribution in [2.45, 2.75) is 44.1 Å². The largest absolute Gasteiger partial charge is 0.309 e. The maximum atomic E-state index is 14.5. The number of hydrogen-bond acceptors (Lipinski definition) is 3. The number of benzene rings is 1. The monoisotopic (exact) mass is 314 g/mol. The molecule has 1 saturated carbocycles. The van der Waals surface area contributed by atoms with E-state index in [0.29, 0.717) is 6.54 Å². The molecule has 0 N–H and O–H groups in total. The van der Waals surface area contributed by atoms with Crippen molar-refractivity contribution in [1.82, 2.24) is 14.8 Å². The normalized spacial score (nSPS) is 20.0. The molecular formula is C17H19FN4O. The molecule has 1 fully saturated rings. The number of hydrogen-bond donors (Lipinski definition) is 0. The minimum atomic E-state index is -0.454. The van der Waals surface area contributed by atoms with Crippen molar-refractivity contribution in [2.75, 3.05) is 11.4 Å². The average Bonchev–Trinajstić information content (AvgIpc) is 3.28. The first-order valence-electron chi connectivity index (χ1n) is 8.07. The number of halogens is 1. The SMILES string of the molecule is CC(C(=O)N1CC2(CCCC2)c2c(F)cccc21)n1cncn1. The molecule has 1 aromatic carbocycles. The molecule has 0 saturated heterocycles. The van der Waals surface area contributed by atoms with Gasteiger partial charge >= 0.3 is 0 Å². The summed E-state index contributed by atoms with van der Waals surface area (Å²) in [5, 5.41) is 4.06. The van der Waals surface area contributed by atoms with Crippen molar-refractivity contribution in [1.29, 1.82) is 0 Å². The van der Waals surface area contributed by atoms with E-state index in [9.17, 15) is 9.18 Å². The van der Waals surface area contributed by atoms with E-state index in [-0.39, 0.29) is 17.1 Å². The first-order valence-corrected chi connectivity index (χ1v) is 8.07. The summed E-state index contributed by atoms with van der Waals surface area (Å²) >= 11 is 0. The number of carbonyl (C=O) groups excluding carboxylic acids is 1. The molecule has 1 unspecified atom stereocenters. The van der Waals surface area contributed by atoms with Gasteiger partial charge in [-0.05, 0) is 31.9 Å². The van der Waals surface area contributed by atoms with Crippen LogP contribution in [0.1, 0.15) is 44.2 Å². The fourth-order valence-electron chi connectivity index (χ4n) is 4.14. The van der Waals surface area contributed by atoms with Crippen LogP contribution >= 0.6 is 0 Å². The number of carbonyl (C=O) groups is 1. The highest BCUT2D eigenvalue weighted by Gasteiger charge is 2.48. The van der Waals surface area contributed by atoms with Crippen molar-refractivity contribution < 1.29 is 9.18 Å². The molecule has 2 aliphatic rings. The lowest BCUT2D eigenvalue weighted by atomic mass is 9.80. The standard InChI is InChI=1S/C17H19FN4O/c1-12(22-11-19-10-20-22)16(23)21-9-17(7-2-3-8-17)15-13(18)5-4-6-14(15)21/h4-6,10-12H,2-3,7-9H2,1H3. The Balaban J connectivity index is 1.74. The summed E-state index contributed by atoms with van der Waals surface area (Å²) in [4.78, 5) is 18.6. The van der Waals surface area contributed by atoms with Gasteiger partial charge in [-0.1, -0.05) is 18.9 Å². The van der Waals surface area contributed by atoms with Crippen molar-refractivity contribution in [3.8, 4) is 0 Å². The molecule has 1 aliphatic heterocycles. The Labute approximate surface area is 134 Å². The van der Waals surface area contributed by atoms with Gasteiger partial charge in [0, 0.05) is 17.5 Å². The second kappa shape index (κ2) is 5.15. The first-order chi connectivity index (χ1) is 11.1.